The Hall–Kier alpha value is -3.13. The molecule has 32 heavy (non-hydrogen) atoms. The molecule has 0 spiro atoms. The highest BCUT2D eigenvalue weighted by molar-refractivity contribution is 7.99. The minimum atomic E-state index is -0.600. The normalized spacial score (nSPS) is 15.6. The Balaban J connectivity index is 1.33. The van der Waals surface area contributed by atoms with Crippen LogP contribution in [0.25, 0.3) is 10.9 Å². The highest BCUT2D eigenvalue weighted by Crippen LogP contribution is 2.34. The van der Waals surface area contributed by atoms with E-state index >= 15 is 0 Å². The topological polar surface area (TPSA) is 81.5 Å². The summed E-state index contributed by atoms with van der Waals surface area (Å²) in [6, 6.07) is 12.5. The maximum absolute atomic E-state index is 12.9. The molecule has 5 rings (SSSR count). The summed E-state index contributed by atoms with van der Waals surface area (Å²) in [4.78, 5) is 45.6. The van der Waals surface area contributed by atoms with Crippen molar-refractivity contribution in [3.63, 3.8) is 0 Å². The third-order valence-corrected chi connectivity index (χ3v) is 6.95. The minimum absolute atomic E-state index is 0.0661. The van der Waals surface area contributed by atoms with Crippen molar-refractivity contribution in [2.75, 3.05) is 23.8 Å². The molecule has 0 saturated heterocycles. The number of anilines is 1. The molecule has 7 nitrogen and oxygen atoms in total. The van der Waals surface area contributed by atoms with Gasteiger partial charge in [0.15, 0.2) is 6.61 Å². The van der Waals surface area contributed by atoms with E-state index in [1.807, 2.05) is 24.3 Å². The fourth-order valence-electron chi connectivity index (χ4n) is 4.26. The Morgan fingerprint density at radius 2 is 1.94 bits per heavy atom. The van der Waals surface area contributed by atoms with Crippen molar-refractivity contribution in [1.82, 2.24) is 9.55 Å². The highest BCUT2D eigenvalue weighted by atomic mass is 32.2. The van der Waals surface area contributed by atoms with E-state index < -0.39 is 5.97 Å². The first-order valence-electron chi connectivity index (χ1n) is 10.8. The number of aryl methyl sites for hydroxylation is 1. The van der Waals surface area contributed by atoms with Gasteiger partial charge in [-0.25, -0.2) is 9.78 Å². The number of benzene rings is 2. The van der Waals surface area contributed by atoms with Crippen LogP contribution in [0.4, 0.5) is 5.69 Å². The summed E-state index contributed by atoms with van der Waals surface area (Å²) in [5, 5.41) is 0.491. The van der Waals surface area contributed by atoms with Gasteiger partial charge in [0.1, 0.15) is 5.82 Å². The highest BCUT2D eigenvalue weighted by Gasteiger charge is 2.24. The van der Waals surface area contributed by atoms with Crippen LogP contribution in [0.5, 0.6) is 0 Å². The SMILES string of the molecule is O=C(OCC(=O)N1CCSc2ccccc21)c1ccc2c(=O)n3c(nc2c1)CCCCC3. The van der Waals surface area contributed by atoms with Crippen LogP contribution in [0.3, 0.4) is 0 Å². The molecule has 1 aromatic heterocycles. The summed E-state index contributed by atoms with van der Waals surface area (Å²) in [6.45, 7) is 0.921. The first kappa shape index (κ1) is 20.8. The molecule has 0 unspecified atom stereocenters. The zero-order valence-corrected chi connectivity index (χ0v) is 18.4. The molecule has 0 radical (unpaired) electrons. The van der Waals surface area contributed by atoms with Crippen LogP contribution in [-0.4, -0.2) is 40.3 Å². The number of hydrogen-bond acceptors (Lipinski definition) is 6. The Morgan fingerprint density at radius 3 is 2.84 bits per heavy atom. The predicted octanol–water partition coefficient (Wildman–Crippen LogP) is 3.42. The molecule has 3 aromatic rings. The van der Waals surface area contributed by atoms with Gasteiger partial charge in [0, 0.05) is 30.2 Å². The Bertz CT molecular complexity index is 1270. The van der Waals surface area contributed by atoms with Gasteiger partial charge in [-0.2, -0.15) is 0 Å². The van der Waals surface area contributed by atoms with Crippen molar-refractivity contribution in [3.05, 3.63) is 64.2 Å². The molecular weight excluding hydrogens is 426 g/mol. The lowest BCUT2D eigenvalue weighted by atomic mass is 10.1. The fraction of sp³-hybridized carbons (Fsp3) is 0.333. The maximum Gasteiger partial charge on any atom is 0.338 e. The van der Waals surface area contributed by atoms with E-state index in [9.17, 15) is 14.4 Å². The Morgan fingerprint density at radius 1 is 1.06 bits per heavy atom. The van der Waals surface area contributed by atoms with Gasteiger partial charge in [0.25, 0.3) is 11.5 Å². The van der Waals surface area contributed by atoms with Gasteiger partial charge in [-0.15, -0.1) is 11.8 Å². The van der Waals surface area contributed by atoms with Crippen LogP contribution in [-0.2, 0) is 22.5 Å². The molecule has 0 N–H and O–H groups in total. The van der Waals surface area contributed by atoms with Gasteiger partial charge in [-0.1, -0.05) is 18.6 Å². The number of thioether (sulfide) groups is 1. The van der Waals surface area contributed by atoms with Crippen LogP contribution >= 0.6 is 11.8 Å². The van der Waals surface area contributed by atoms with Crippen molar-refractivity contribution < 1.29 is 14.3 Å². The second kappa shape index (κ2) is 8.78. The smallest absolute Gasteiger partial charge is 0.338 e. The lowest BCUT2D eigenvalue weighted by Crippen LogP contribution is -2.38. The van der Waals surface area contributed by atoms with E-state index in [1.54, 1.807) is 39.4 Å². The average molecular weight is 450 g/mol. The molecule has 0 aliphatic carbocycles. The number of aromatic nitrogens is 2. The van der Waals surface area contributed by atoms with Gasteiger partial charge >= 0.3 is 5.97 Å². The third kappa shape index (κ3) is 3.90. The molecule has 164 valence electrons. The van der Waals surface area contributed by atoms with Crippen LogP contribution in [0.1, 0.15) is 35.4 Å². The Labute approximate surface area is 189 Å². The van der Waals surface area contributed by atoms with Crippen molar-refractivity contribution >= 4 is 40.2 Å². The first-order chi connectivity index (χ1) is 15.6. The monoisotopic (exact) mass is 449 g/mol. The van der Waals surface area contributed by atoms with E-state index in [-0.39, 0.29) is 23.6 Å². The number of amides is 1. The lowest BCUT2D eigenvalue weighted by Gasteiger charge is -2.28. The fourth-order valence-corrected chi connectivity index (χ4v) is 5.26. The molecule has 2 aliphatic rings. The van der Waals surface area contributed by atoms with E-state index in [2.05, 4.69) is 4.98 Å². The van der Waals surface area contributed by atoms with E-state index in [0.717, 1.165) is 47.8 Å². The number of carbonyl (C=O) groups is 2. The second-order valence-electron chi connectivity index (χ2n) is 7.97. The molecule has 0 saturated carbocycles. The second-order valence-corrected chi connectivity index (χ2v) is 9.10. The molecule has 2 aliphatic heterocycles. The largest absolute Gasteiger partial charge is 0.452 e. The number of esters is 1. The summed E-state index contributed by atoms with van der Waals surface area (Å²) in [5.74, 6) is 0.708. The zero-order chi connectivity index (χ0) is 22.1. The van der Waals surface area contributed by atoms with Crippen LogP contribution < -0.4 is 10.5 Å². The zero-order valence-electron chi connectivity index (χ0n) is 17.6. The predicted molar refractivity (Wildman–Crippen MR) is 123 cm³/mol. The van der Waals surface area contributed by atoms with Crippen LogP contribution in [0, 0.1) is 0 Å². The van der Waals surface area contributed by atoms with Gasteiger partial charge in [-0.3, -0.25) is 14.2 Å². The summed E-state index contributed by atoms with van der Waals surface area (Å²) < 4.78 is 7.07. The van der Waals surface area contributed by atoms with Gasteiger partial charge in [0.05, 0.1) is 22.2 Å². The first-order valence-corrected chi connectivity index (χ1v) is 11.8. The number of para-hydroxylation sites is 1. The van der Waals surface area contributed by atoms with Crippen molar-refractivity contribution in [1.29, 1.82) is 0 Å². The standard InChI is InChI=1S/C24H23N3O4S/c28-22(26-12-13-32-20-7-4-3-6-19(20)26)15-31-24(30)16-9-10-17-18(14-16)25-21-8-2-1-5-11-27(21)23(17)29/h3-4,6-7,9-10,14H,1-2,5,8,11-13,15H2. The van der Waals surface area contributed by atoms with Crippen LogP contribution in [0.15, 0.2) is 52.2 Å². The lowest BCUT2D eigenvalue weighted by molar-refractivity contribution is -0.121. The van der Waals surface area contributed by atoms with E-state index in [4.69, 9.17) is 4.74 Å². The summed E-state index contributed by atoms with van der Waals surface area (Å²) in [7, 11) is 0. The molecule has 2 aromatic carbocycles. The number of fused-ring (bicyclic) bond motifs is 3. The number of ether oxygens (including phenoxy) is 1. The van der Waals surface area contributed by atoms with Crippen molar-refractivity contribution in [2.45, 2.75) is 37.1 Å². The van der Waals surface area contributed by atoms with Crippen molar-refractivity contribution in [3.8, 4) is 0 Å². The van der Waals surface area contributed by atoms with Gasteiger partial charge in [-0.05, 0) is 43.2 Å². The van der Waals surface area contributed by atoms with E-state index in [0.29, 0.717) is 24.0 Å². The minimum Gasteiger partial charge on any atom is -0.452 e. The molecule has 0 fully saturated rings. The summed E-state index contributed by atoms with van der Waals surface area (Å²) in [5.41, 5.74) is 1.56. The quantitative estimate of drug-likeness (QED) is 0.570. The van der Waals surface area contributed by atoms with Crippen molar-refractivity contribution in [2.24, 2.45) is 0 Å². The van der Waals surface area contributed by atoms with Gasteiger partial charge in [0.2, 0.25) is 0 Å². The molecule has 3 heterocycles. The van der Waals surface area contributed by atoms with Gasteiger partial charge < -0.3 is 9.64 Å². The summed E-state index contributed by atoms with van der Waals surface area (Å²) in [6.07, 6.45) is 3.80. The molecule has 1 amide bonds. The number of nitrogens with zero attached hydrogens (tertiary/aromatic N) is 3. The molecule has 0 bridgehead atoms. The molecular formula is C24H23N3O4S. The van der Waals surface area contributed by atoms with E-state index in [1.165, 1.54) is 0 Å². The maximum atomic E-state index is 12.9. The molecule has 0 atom stereocenters. The average Bonchev–Trinajstić information content (AvgIpc) is 3.07. The third-order valence-electron chi connectivity index (χ3n) is 5.91. The number of rotatable bonds is 3. The molecule has 8 heteroatoms. The number of carbonyl (C=O) groups excluding carboxylic acids is 2. The summed E-state index contributed by atoms with van der Waals surface area (Å²) >= 11 is 1.71. The number of hydrogen-bond donors (Lipinski definition) is 0. The Kier molecular flexibility index (Phi) is 5.70. The van der Waals surface area contributed by atoms with Crippen LogP contribution in [0.2, 0.25) is 0 Å².